The molecule has 0 aromatic carbocycles. The van der Waals surface area contributed by atoms with E-state index < -0.39 is 0 Å². The minimum absolute atomic E-state index is 0.120. The molecule has 0 bridgehead atoms. The van der Waals surface area contributed by atoms with E-state index in [2.05, 4.69) is 24.5 Å². The van der Waals surface area contributed by atoms with Gasteiger partial charge in [-0.3, -0.25) is 4.79 Å². The Kier molecular flexibility index (Phi) is 5.77. The third-order valence-electron chi connectivity index (χ3n) is 2.97. The lowest BCUT2D eigenvalue weighted by molar-refractivity contribution is -0.122. The Bertz CT molecular complexity index is 211. The van der Waals surface area contributed by atoms with E-state index in [9.17, 15) is 9.90 Å². The van der Waals surface area contributed by atoms with E-state index in [0.717, 1.165) is 32.2 Å². The summed E-state index contributed by atoms with van der Waals surface area (Å²) in [4.78, 5) is 11.6. The average molecular weight is 228 g/mol. The molecule has 0 radical (unpaired) electrons. The number of carbonyl (C=O) groups is 1. The van der Waals surface area contributed by atoms with Crippen LogP contribution in [-0.4, -0.2) is 35.7 Å². The van der Waals surface area contributed by atoms with Gasteiger partial charge in [-0.25, -0.2) is 0 Å². The molecule has 0 atom stereocenters. The summed E-state index contributed by atoms with van der Waals surface area (Å²) in [6.07, 6.45) is 3.83. The first-order valence-electron chi connectivity index (χ1n) is 6.28. The molecule has 1 rings (SSSR count). The molecule has 0 aromatic heterocycles. The van der Waals surface area contributed by atoms with E-state index in [1.807, 2.05) is 0 Å². The number of aliphatic hydroxyl groups excluding tert-OH is 1. The van der Waals surface area contributed by atoms with Crippen LogP contribution >= 0.6 is 0 Å². The van der Waals surface area contributed by atoms with Gasteiger partial charge >= 0.3 is 0 Å². The standard InChI is InChI=1S/C12H24N2O2/c1-9(2)13-8-7-12(16)14-10-3-5-11(15)6-4-10/h9-11,13,15H,3-8H2,1-2H3,(H,14,16). The Morgan fingerprint density at radius 3 is 2.50 bits per heavy atom. The van der Waals surface area contributed by atoms with Gasteiger partial charge in [0.1, 0.15) is 0 Å². The highest BCUT2D eigenvalue weighted by Gasteiger charge is 2.20. The number of hydrogen-bond acceptors (Lipinski definition) is 3. The van der Waals surface area contributed by atoms with Crippen LogP contribution in [0.1, 0.15) is 46.0 Å². The van der Waals surface area contributed by atoms with Gasteiger partial charge in [-0.15, -0.1) is 0 Å². The van der Waals surface area contributed by atoms with E-state index in [0.29, 0.717) is 12.5 Å². The van der Waals surface area contributed by atoms with Gasteiger partial charge in [0.15, 0.2) is 0 Å². The van der Waals surface area contributed by atoms with E-state index >= 15 is 0 Å². The molecule has 1 aliphatic carbocycles. The van der Waals surface area contributed by atoms with Gasteiger partial charge in [0.05, 0.1) is 6.10 Å². The van der Waals surface area contributed by atoms with Crippen molar-refractivity contribution in [3.05, 3.63) is 0 Å². The molecule has 0 saturated heterocycles. The number of aliphatic hydroxyl groups is 1. The normalized spacial score (nSPS) is 25.8. The van der Waals surface area contributed by atoms with Crippen LogP contribution < -0.4 is 10.6 Å². The van der Waals surface area contributed by atoms with Crippen LogP contribution in [0.25, 0.3) is 0 Å². The largest absolute Gasteiger partial charge is 0.393 e. The van der Waals surface area contributed by atoms with E-state index in [1.165, 1.54) is 0 Å². The quantitative estimate of drug-likeness (QED) is 0.652. The zero-order chi connectivity index (χ0) is 12.0. The highest BCUT2D eigenvalue weighted by Crippen LogP contribution is 2.18. The maximum atomic E-state index is 11.6. The van der Waals surface area contributed by atoms with Gasteiger partial charge in [-0.05, 0) is 25.7 Å². The third kappa shape index (κ3) is 5.47. The smallest absolute Gasteiger partial charge is 0.221 e. The average Bonchev–Trinajstić information content (AvgIpc) is 2.21. The Morgan fingerprint density at radius 1 is 1.31 bits per heavy atom. The fraction of sp³-hybridized carbons (Fsp3) is 0.917. The lowest BCUT2D eigenvalue weighted by Crippen LogP contribution is -2.40. The minimum Gasteiger partial charge on any atom is -0.393 e. The molecule has 4 heteroatoms. The molecule has 1 saturated carbocycles. The van der Waals surface area contributed by atoms with Crippen LogP contribution in [0.5, 0.6) is 0 Å². The molecule has 4 nitrogen and oxygen atoms in total. The predicted molar refractivity (Wildman–Crippen MR) is 64.2 cm³/mol. The summed E-state index contributed by atoms with van der Waals surface area (Å²) in [5.74, 6) is 0.120. The molecule has 1 amide bonds. The molecule has 94 valence electrons. The van der Waals surface area contributed by atoms with Crippen LogP contribution in [0.2, 0.25) is 0 Å². The van der Waals surface area contributed by atoms with E-state index in [-0.39, 0.29) is 18.1 Å². The van der Waals surface area contributed by atoms with E-state index in [4.69, 9.17) is 0 Å². The second-order valence-electron chi connectivity index (χ2n) is 4.93. The van der Waals surface area contributed by atoms with Crippen molar-refractivity contribution in [2.75, 3.05) is 6.54 Å². The van der Waals surface area contributed by atoms with Gasteiger partial charge in [0, 0.05) is 25.0 Å². The maximum absolute atomic E-state index is 11.6. The van der Waals surface area contributed by atoms with Gasteiger partial charge < -0.3 is 15.7 Å². The van der Waals surface area contributed by atoms with Gasteiger partial charge in [-0.1, -0.05) is 13.8 Å². The number of carbonyl (C=O) groups excluding carboxylic acids is 1. The molecule has 0 unspecified atom stereocenters. The minimum atomic E-state index is -0.157. The maximum Gasteiger partial charge on any atom is 0.221 e. The monoisotopic (exact) mass is 228 g/mol. The molecule has 3 N–H and O–H groups in total. The number of rotatable bonds is 5. The van der Waals surface area contributed by atoms with Crippen molar-refractivity contribution in [2.45, 2.75) is 64.1 Å². The summed E-state index contributed by atoms with van der Waals surface area (Å²) in [6.45, 7) is 4.87. The first-order chi connectivity index (χ1) is 7.58. The summed E-state index contributed by atoms with van der Waals surface area (Å²) < 4.78 is 0. The molecular weight excluding hydrogens is 204 g/mol. The molecule has 1 aliphatic rings. The highest BCUT2D eigenvalue weighted by atomic mass is 16.3. The molecular formula is C12H24N2O2. The lowest BCUT2D eigenvalue weighted by atomic mass is 9.93. The van der Waals surface area contributed by atoms with Crippen LogP contribution in [0.3, 0.4) is 0 Å². The molecule has 0 aliphatic heterocycles. The summed E-state index contributed by atoms with van der Waals surface area (Å²) in [6, 6.07) is 0.701. The Morgan fingerprint density at radius 2 is 1.94 bits per heavy atom. The Balaban J connectivity index is 2.09. The topological polar surface area (TPSA) is 61.4 Å². The van der Waals surface area contributed by atoms with Crippen molar-refractivity contribution in [2.24, 2.45) is 0 Å². The molecule has 0 heterocycles. The molecule has 1 fully saturated rings. The zero-order valence-electron chi connectivity index (χ0n) is 10.3. The van der Waals surface area contributed by atoms with Gasteiger partial charge in [0.25, 0.3) is 0 Å². The van der Waals surface area contributed by atoms with Crippen LogP contribution in [0.15, 0.2) is 0 Å². The van der Waals surface area contributed by atoms with E-state index in [1.54, 1.807) is 0 Å². The number of amides is 1. The van der Waals surface area contributed by atoms with Gasteiger partial charge in [-0.2, -0.15) is 0 Å². The molecule has 0 spiro atoms. The van der Waals surface area contributed by atoms with Crippen molar-refractivity contribution in [3.63, 3.8) is 0 Å². The first kappa shape index (κ1) is 13.5. The second-order valence-corrected chi connectivity index (χ2v) is 4.93. The summed E-state index contributed by atoms with van der Waals surface area (Å²) in [5.41, 5.74) is 0. The fourth-order valence-electron chi connectivity index (χ4n) is 1.99. The molecule has 16 heavy (non-hydrogen) atoms. The van der Waals surface area contributed by atoms with Crippen molar-refractivity contribution < 1.29 is 9.90 Å². The summed E-state index contributed by atoms with van der Waals surface area (Å²) in [7, 11) is 0. The predicted octanol–water partition coefficient (Wildman–Crippen LogP) is 0.794. The van der Waals surface area contributed by atoms with Crippen LogP contribution in [0.4, 0.5) is 0 Å². The highest BCUT2D eigenvalue weighted by molar-refractivity contribution is 5.76. The third-order valence-corrected chi connectivity index (χ3v) is 2.97. The SMILES string of the molecule is CC(C)NCCC(=O)NC1CCC(O)CC1. The number of nitrogens with one attached hydrogen (secondary N) is 2. The molecule has 0 aromatic rings. The Labute approximate surface area is 97.8 Å². The summed E-state index contributed by atoms with van der Waals surface area (Å²) >= 11 is 0. The Hall–Kier alpha value is -0.610. The van der Waals surface area contributed by atoms with Crippen LogP contribution in [-0.2, 0) is 4.79 Å². The second kappa shape index (κ2) is 6.86. The number of hydrogen-bond donors (Lipinski definition) is 3. The fourth-order valence-corrected chi connectivity index (χ4v) is 1.99. The zero-order valence-corrected chi connectivity index (χ0v) is 10.3. The van der Waals surface area contributed by atoms with Crippen LogP contribution in [0, 0.1) is 0 Å². The van der Waals surface area contributed by atoms with Crippen molar-refractivity contribution >= 4 is 5.91 Å². The van der Waals surface area contributed by atoms with Crippen molar-refractivity contribution in [1.29, 1.82) is 0 Å². The van der Waals surface area contributed by atoms with Crippen molar-refractivity contribution in [1.82, 2.24) is 10.6 Å². The van der Waals surface area contributed by atoms with Gasteiger partial charge in [0.2, 0.25) is 5.91 Å². The first-order valence-corrected chi connectivity index (χ1v) is 6.28. The summed E-state index contributed by atoms with van der Waals surface area (Å²) in [5, 5.41) is 15.6. The lowest BCUT2D eigenvalue weighted by Gasteiger charge is -2.26. The van der Waals surface area contributed by atoms with Crippen molar-refractivity contribution in [3.8, 4) is 0 Å².